The Morgan fingerprint density at radius 2 is 2.07 bits per heavy atom. The van der Waals surface area contributed by atoms with Crippen LogP contribution in [-0.4, -0.2) is 54.1 Å². The molecule has 1 aliphatic rings. The third kappa shape index (κ3) is 6.10. The molecule has 0 saturated heterocycles. The van der Waals surface area contributed by atoms with Crippen LogP contribution in [0.3, 0.4) is 0 Å². The predicted octanol–water partition coefficient (Wildman–Crippen LogP) is 2.19. The van der Waals surface area contributed by atoms with Crippen LogP contribution in [-0.2, 0) is 19.4 Å². The van der Waals surface area contributed by atoms with E-state index in [0.29, 0.717) is 6.54 Å². The normalized spacial score (nSPS) is 15.2. The number of hydrogen-bond donors (Lipinski definition) is 2. The van der Waals surface area contributed by atoms with Crippen molar-refractivity contribution in [2.75, 3.05) is 27.2 Å². The van der Waals surface area contributed by atoms with Gasteiger partial charge >= 0.3 is 0 Å². The standard InChI is InChI=1S/C21H32N6O2/c1-16(29-18-9-7-8-17(14-18)28-3)15-24-21(22-2)23-12-11-20-26-25-19-10-5-4-6-13-27(19)20/h7-9,14,16H,4-6,10-13,15H2,1-3H3,(H2,22,23,24). The molecule has 8 nitrogen and oxygen atoms in total. The number of benzene rings is 1. The molecule has 1 aromatic heterocycles. The van der Waals surface area contributed by atoms with E-state index >= 15 is 0 Å². The van der Waals surface area contributed by atoms with Gasteiger partial charge in [0.25, 0.3) is 0 Å². The van der Waals surface area contributed by atoms with Crippen LogP contribution in [0.1, 0.15) is 37.8 Å². The van der Waals surface area contributed by atoms with Crippen molar-refractivity contribution < 1.29 is 9.47 Å². The number of aromatic nitrogens is 3. The Hall–Kier alpha value is -2.77. The van der Waals surface area contributed by atoms with E-state index in [0.717, 1.165) is 55.0 Å². The average molecular weight is 401 g/mol. The molecule has 1 aromatic carbocycles. The van der Waals surface area contributed by atoms with E-state index in [4.69, 9.17) is 9.47 Å². The fourth-order valence-corrected chi connectivity index (χ4v) is 3.43. The topological polar surface area (TPSA) is 85.6 Å². The Bertz CT molecular complexity index is 804. The van der Waals surface area contributed by atoms with Gasteiger partial charge < -0.3 is 24.7 Å². The number of nitrogens with zero attached hydrogens (tertiary/aromatic N) is 4. The van der Waals surface area contributed by atoms with Crippen molar-refractivity contribution in [3.8, 4) is 11.5 Å². The largest absolute Gasteiger partial charge is 0.497 e. The molecule has 0 aliphatic carbocycles. The van der Waals surface area contributed by atoms with Crippen LogP contribution in [0.15, 0.2) is 29.3 Å². The highest BCUT2D eigenvalue weighted by Crippen LogP contribution is 2.19. The third-order valence-corrected chi connectivity index (χ3v) is 4.99. The highest BCUT2D eigenvalue weighted by atomic mass is 16.5. The van der Waals surface area contributed by atoms with E-state index in [2.05, 4.69) is 30.4 Å². The zero-order chi connectivity index (χ0) is 20.5. The molecule has 1 aliphatic heterocycles. The quantitative estimate of drug-likeness (QED) is 0.522. The predicted molar refractivity (Wildman–Crippen MR) is 114 cm³/mol. The highest BCUT2D eigenvalue weighted by Gasteiger charge is 2.14. The van der Waals surface area contributed by atoms with Crippen LogP contribution in [0.5, 0.6) is 11.5 Å². The first-order valence-corrected chi connectivity index (χ1v) is 10.4. The number of nitrogens with one attached hydrogen (secondary N) is 2. The molecule has 2 aromatic rings. The van der Waals surface area contributed by atoms with E-state index in [9.17, 15) is 0 Å². The van der Waals surface area contributed by atoms with Gasteiger partial charge in [-0.2, -0.15) is 0 Å². The van der Waals surface area contributed by atoms with Gasteiger partial charge in [0.2, 0.25) is 0 Å². The lowest BCUT2D eigenvalue weighted by molar-refractivity contribution is 0.223. The van der Waals surface area contributed by atoms with Crippen LogP contribution in [0.25, 0.3) is 0 Å². The van der Waals surface area contributed by atoms with Crippen molar-refractivity contribution in [3.05, 3.63) is 35.9 Å². The van der Waals surface area contributed by atoms with Crippen molar-refractivity contribution in [2.24, 2.45) is 4.99 Å². The summed E-state index contributed by atoms with van der Waals surface area (Å²) in [5.41, 5.74) is 0. The Balaban J connectivity index is 1.42. The minimum Gasteiger partial charge on any atom is -0.497 e. The summed E-state index contributed by atoms with van der Waals surface area (Å²) in [5.74, 6) is 4.51. The van der Waals surface area contributed by atoms with Crippen molar-refractivity contribution in [2.45, 2.75) is 51.7 Å². The lowest BCUT2D eigenvalue weighted by Gasteiger charge is -2.18. The lowest BCUT2D eigenvalue weighted by atomic mass is 10.2. The first-order chi connectivity index (χ1) is 14.2. The van der Waals surface area contributed by atoms with Crippen molar-refractivity contribution in [1.82, 2.24) is 25.4 Å². The molecule has 8 heteroatoms. The third-order valence-electron chi connectivity index (χ3n) is 4.99. The van der Waals surface area contributed by atoms with Gasteiger partial charge in [-0.1, -0.05) is 12.5 Å². The summed E-state index contributed by atoms with van der Waals surface area (Å²) in [6.45, 7) is 4.44. The lowest BCUT2D eigenvalue weighted by Crippen LogP contribution is -2.42. The van der Waals surface area contributed by atoms with Crippen LogP contribution in [0.2, 0.25) is 0 Å². The number of aryl methyl sites for hydroxylation is 1. The number of aliphatic imine (C=N–C) groups is 1. The van der Waals surface area contributed by atoms with Gasteiger partial charge in [0.15, 0.2) is 5.96 Å². The summed E-state index contributed by atoms with van der Waals surface area (Å²) < 4.78 is 13.5. The number of ether oxygens (including phenoxy) is 2. The van der Waals surface area contributed by atoms with E-state index < -0.39 is 0 Å². The van der Waals surface area contributed by atoms with Crippen molar-refractivity contribution >= 4 is 5.96 Å². The van der Waals surface area contributed by atoms with Gasteiger partial charge in [0.05, 0.1) is 13.7 Å². The maximum atomic E-state index is 5.94. The van der Waals surface area contributed by atoms with Crippen molar-refractivity contribution in [1.29, 1.82) is 0 Å². The second kappa shape index (κ2) is 10.7. The van der Waals surface area contributed by atoms with Crippen LogP contribution < -0.4 is 20.1 Å². The molecule has 0 bridgehead atoms. The molecular weight excluding hydrogens is 368 g/mol. The van der Waals surface area contributed by atoms with E-state index in [-0.39, 0.29) is 6.10 Å². The maximum Gasteiger partial charge on any atom is 0.191 e. The van der Waals surface area contributed by atoms with Gasteiger partial charge in [-0.25, -0.2) is 0 Å². The first kappa shape index (κ1) is 21.0. The average Bonchev–Trinajstić information content (AvgIpc) is 2.96. The molecule has 29 heavy (non-hydrogen) atoms. The van der Waals surface area contributed by atoms with Crippen molar-refractivity contribution in [3.63, 3.8) is 0 Å². The van der Waals surface area contributed by atoms with E-state index in [1.54, 1.807) is 14.2 Å². The summed E-state index contributed by atoms with van der Waals surface area (Å²) in [5, 5.41) is 15.4. The Morgan fingerprint density at radius 3 is 2.90 bits per heavy atom. The zero-order valence-electron chi connectivity index (χ0n) is 17.6. The number of fused-ring (bicyclic) bond motifs is 1. The SMILES string of the molecule is CN=C(NCCc1nnc2n1CCCCC2)NCC(C)Oc1cccc(OC)c1. The zero-order valence-corrected chi connectivity index (χ0v) is 17.6. The van der Waals surface area contributed by atoms with Gasteiger partial charge in [-0.05, 0) is 31.9 Å². The monoisotopic (exact) mass is 400 g/mol. The molecule has 1 atom stereocenters. The molecule has 0 fully saturated rings. The number of hydrogen-bond acceptors (Lipinski definition) is 5. The molecule has 0 saturated carbocycles. The fraction of sp³-hybridized carbons (Fsp3) is 0.571. The molecule has 3 rings (SSSR count). The molecule has 0 amide bonds. The first-order valence-electron chi connectivity index (χ1n) is 10.4. The summed E-state index contributed by atoms with van der Waals surface area (Å²) in [6.07, 6.45) is 5.53. The molecule has 158 valence electrons. The summed E-state index contributed by atoms with van der Waals surface area (Å²) in [6, 6.07) is 7.62. The van der Waals surface area contributed by atoms with Gasteiger partial charge in [-0.3, -0.25) is 4.99 Å². The molecule has 0 spiro atoms. The molecule has 1 unspecified atom stereocenters. The summed E-state index contributed by atoms with van der Waals surface area (Å²) in [7, 11) is 3.42. The highest BCUT2D eigenvalue weighted by molar-refractivity contribution is 5.79. The second-order valence-electron chi connectivity index (χ2n) is 7.23. The Morgan fingerprint density at radius 1 is 1.21 bits per heavy atom. The molecule has 2 heterocycles. The van der Waals surface area contributed by atoms with Gasteiger partial charge in [0.1, 0.15) is 29.3 Å². The molecular formula is C21H32N6O2. The minimum atomic E-state index is -0.0204. The van der Waals surface area contributed by atoms with E-state index in [1.807, 2.05) is 31.2 Å². The number of guanidine groups is 1. The van der Waals surface area contributed by atoms with Crippen LogP contribution in [0.4, 0.5) is 0 Å². The number of methoxy groups -OCH3 is 1. The van der Waals surface area contributed by atoms with Crippen LogP contribution >= 0.6 is 0 Å². The van der Waals surface area contributed by atoms with Crippen LogP contribution in [0, 0.1) is 0 Å². The van der Waals surface area contributed by atoms with E-state index in [1.165, 1.54) is 19.3 Å². The maximum absolute atomic E-state index is 5.94. The smallest absolute Gasteiger partial charge is 0.191 e. The summed E-state index contributed by atoms with van der Waals surface area (Å²) in [4.78, 5) is 4.29. The van der Waals surface area contributed by atoms with Gasteiger partial charge in [0, 0.05) is 39.0 Å². The Kier molecular flexibility index (Phi) is 7.72. The fourth-order valence-electron chi connectivity index (χ4n) is 3.43. The Labute approximate surface area is 172 Å². The molecule has 0 radical (unpaired) electrons. The van der Waals surface area contributed by atoms with Gasteiger partial charge in [-0.15, -0.1) is 10.2 Å². The number of rotatable bonds is 8. The molecule has 2 N–H and O–H groups in total. The minimum absolute atomic E-state index is 0.0204. The second-order valence-corrected chi connectivity index (χ2v) is 7.23. The summed E-state index contributed by atoms with van der Waals surface area (Å²) >= 11 is 0.